The molecule has 0 saturated heterocycles. The van der Waals surface area contributed by atoms with Gasteiger partial charge in [0.1, 0.15) is 6.23 Å². The minimum Gasteiger partial charge on any atom is -0.361 e. The molecule has 1 heterocycles. The molecule has 0 bridgehead atoms. The smallest absolute Gasteiger partial charge is 0.245 e. The highest BCUT2D eigenvalue weighted by Gasteiger charge is 2.37. The van der Waals surface area contributed by atoms with Crippen molar-refractivity contribution in [1.29, 1.82) is 0 Å². The normalized spacial score (nSPS) is 18.7. The molecule has 0 aromatic heterocycles. The van der Waals surface area contributed by atoms with Crippen molar-refractivity contribution in [3.05, 3.63) is 71.8 Å². The molecule has 2 aromatic carbocycles. The van der Waals surface area contributed by atoms with E-state index in [9.17, 15) is 8.42 Å². The first-order valence-corrected chi connectivity index (χ1v) is 8.77. The highest BCUT2D eigenvalue weighted by Crippen LogP contribution is 2.35. The molecule has 120 valence electrons. The van der Waals surface area contributed by atoms with E-state index in [1.807, 2.05) is 31.2 Å². The summed E-state index contributed by atoms with van der Waals surface area (Å²) in [6, 6.07) is 14.5. The summed E-state index contributed by atoms with van der Waals surface area (Å²) >= 11 is 0. The van der Waals surface area contributed by atoms with E-state index < -0.39 is 16.3 Å². The van der Waals surface area contributed by atoms with Crippen LogP contribution in [0.15, 0.2) is 60.0 Å². The van der Waals surface area contributed by atoms with Crippen LogP contribution in [0.4, 0.5) is 0 Å². The Bertz CT molecular complexity index is 841. The predicted molar refractivity (Wildman–Crippen MR) is 90.2 cm³/mol. The van der Waals surface area contributed by atoms with E-state index in [2.05, 4.69) is 6.58 Å². The first-order chi connectivity index (χ1) is 10.9. The van der Waals surface area contributed by atoms with E-state index in [1.165, 1.54) is 11.4 Å². The van der Waals surface area contributed by atoms with E-state index in [-0.39, 0.29) is 11.4 Å². The maximum absolute atomic E-state index is 13.0. The monoisotopic (exact) mass is 329 g/mol. The van der Waals surface area contributed by atoms with Crippen LogP contribution in [0.1, 0.15) is 16.7 Å². The fraction of sp³-hybridized carbons (Fsp3) is 0.222. The van der Waals surface area contributed by atoms with Crippen molar-refractivity contribution in [1.82, 2.24) is 4.31 Å². The Morgan fingerprint density at radius 1 is 1.13 bits per heavy atom. The summed E-state index contributed by atoms with van der Waals surface area (Å²) in [5, 5.41) is 0. The van der Waals surface area contributed by atoms with Gasteiger partial charge in [0.25, 0.3) is 0 Å². The number of benzene rings is 2. The van der Waals surface area contributed by atoms with Crippen molar-refractivity contribution >= 4 is 15.6 Å². The van der Waals surface area contributed by atoms with Crippen LogP contribution in [0.3, 0.4) is 0 Å². The number of aryl methyl sites for hydroxylation is 1. The number of rotatable bonds is 3. The van der Waals surface area contributed by atoms with Crippen LogP contribution in [0.25, 0.3) is 5.57 Å². The third-order valence-corrected chi connectivity index (χ3v) is 5.91. The van der Waals surface area contributed by atoms with Gasteiger partial charge in [0.15, 0.2) is 0 Å². The molecule has 5 heteroatoms. The molecule has 1 aliphatic rings. The molecule has 0 radical (unpaired) electrons. The van der Waals surface area contributed by atoms with Gasteiger partial charge >= 0.3 is 0 Å². The van der Waals surface area contributed by atoms with Crippen LogP contribution in [0.5, 0.6) is 0 Å². The molecule has 0 saturated carbocycles. The summed E-state index contributed by atoms with van der Waals surface area (Å²) in [6.07, 6.45) is -0.698. The zero-order valence-corrected chi connectivity index (χ0v) is 14.0. The lowest BCUT2D eigenvalue weighted by Crippen LogP contribution is -2.44. The molecule has 4 nitrogen and oxygen atoms in total. The zero-order valence-electron chi connectivity index (χ0n) is 13.2. The van der Waals surface area contributed by atoms with Crippen LogP contribution < -0.4 is 0 Å². The Balaban J connectivity index is 2.08. The van der Waals surface area contributed by atoms with Crippen LogP contribution in [-0.2, 0) is 21.3 Å². The van der Waals surface area contributed by atoms with Gasteiger partial charge in [-0.3, -0.25) is 0 Å². The number of ether oxygens (including phenoxy) is 1. The van der Waals surface area contributed by atoms with E-state index in [0.717, 1.165) is 16.7 Å². The van der Waals surface area contributed by atoms with Crippen LogP contribution in [0, 0.1) is 6.92 Å². The SMILES string of the molecule is C=C1c2ccccc2CN(S(=O)(=O)c2ccc(C)cc2)C1OC. The standard InChI is InChI=1S/C18H19NO3S/c1-13-8-10-16(11-9-13)23(20,21)19-12-15-6-4-5-7-17(15)14(2)18(19)22-3/h4-11,18H,2,12H2,1,3H3. The van der Waals surface area contributed by atoms with E-state index in [1.54, 1.807) is 24.3 Å². The molecule has 3 rings (SSSR count). The van der Waals surface area contributed by atoms with Gasteiger partial charge in [-0.1, -0.05) is 48.5 Å². The molecule has 23 heavy (non-hydrogen) atoms. The number of hydrogen-bond donors (Lipinski definition) is 0. The number of sulfonamides is 1. The lowest BCUT2D eigenvalue weighted by Gasteiger charge is -2.36. The van der Waals surface area contributed by atoms with Crippen molar-refractivity contribution in [3.8, 4) is 0 Å². The second-order valence-corrected chi connectivity index (χ2v) is 7.52. The van der Waals surface area contributed by atoms with Crippen molar-refractivity contribution in [3.63, 3.8) is 0 Å². The average Bonchev–Trinajstić information content (AvgIpc) is 2.55. The van der Waals surface area contributed by atoms with Crippen molar-refractivity contribution in [2.45, 2.75) is 24.6 Å². The molecule has 0 N–H and O–H groups in total. The number of nitrogens with zero attached hydrogens (tertiary/aromatic N) is 1. The van der Waals surface area contributed by atoms with Crippen LogP contribution in [0.2, 0.25) is 0 Å². The van der Waals surface area contributed by atoms with E-state index >= 15 is 0 Å². The molecule has 1 atom stereocenters. The van der Waals surface area contributed by atoms with Gasteiger partial charge in [0, 0.05) is 13.7 Å². The molecule has 0 amide bonds. The molecule has 0 aliphatic carbocycles. The maximum atomic E-state index is 13.0. The fourth-order valence-corrected chi connectivity index (χ4v) is 4.37. The number of fused-ring (bicyclic) bond motifs is 1. The van der Waals surface area contributed by atoms with E-state index in [4.69, 9.17) is 4.74 Å². The maximum Gasteiger partial charge on any atom is 0.245 e. The molecule has 2 aromatic rings. The Kier molecular flexibility index (Phi) is 4.10. The molecule has 1 unspecified atom stereocenters. The predicted octanol–water partition coefficient (Wildman–Crippen LogP) is 3.19. The summed E-state index contributed by atoms with van der Waals surface area (Å²) in [5.74, 6) is 0. The Morgan fingerprint density at radius 2 is 1.78 bits per heavy atom. The Morgan fingerprint density at radius 3 is 2.43 bits per heavy atom. The minimum absolute atomic E-state index is 0.261. The summed E-state index contributed by atoms with van der Waals surface area (Å²) in [7, 11) is -2.17. The van der Waals surface area contributed by atoms with Gasteiger partial charge in [-0.2, -0.15) is 4.31 Å². The lowest BCUT2D eigenvalue weighted by molar-refractivity contribution is 0.0532. The van der Waals surface area contributed by atoms with Crippen LogP contribution in [-0.4, -0.2) is 26.1 Å². The molecular weight excluding hydrogens is 310 g/mol. The molecule has 0 spiro atoms. The second-order valence-electron chi connectivity index (χ2n) is 5.63. The Labute approximate surface area is 137 Å². The topological polar surface area (TPSA) is 46.6 Å². The van der Waals surface area contributed by atoms with Gasteiger partial charge < -0.3 is 4.74 Å². The van der Waals surface area contributed by atoms with Gasteiger partial charge in [-0.15, -0.1) is 0 Å². The molecule has 1 aliphatic heterocycles. The minimum atomic E-state index is -3.67. The first-order valence-electron chi connectivity index (χ1n) is 7.33. The van der Waals surface area contributed by atoms with E-state index in [0.29, 0.717) is 5.57 Å². The van der Waals surface area contributed by atoms with Crippen molar-refractivity contribution in [2.24, 2.45) is 0 Å². The van der Waals surface area contributed by atoms with Gasteiger partial charge in [-0.25, -0.2) is 8.42 Å². The fourth-order valence-electron chi connectivity index (χ4n) is 2.85. The third-order valence-electron chi connectivity index (χ3n) is 4.10. The zero-order chi connectivity index (χ0) is 16.6. The summed E-state index contributed by atoms with van der Waals surface area (Å²) in [5.41, 5.74) is 3.56. The molecular formula is C18H19NO3S. The summed E-state index contributed by atoms with van der Waals surface area (Å²) in [6.45, 7) is 6.24. The highest BCUT2D eigenvalue weighted by molar-refractivity contribution is 7.89. The summed E-state index contributed by atoms with van der Waals surface area (Å²) < 4.78 is 32.9. The van der Waals surface area contributed by atoms with Gasteiger partial charge in [-0.05, 0) is 35.8 Å². The number of hydrogen-bond acceptors (Lipinski definition) is 3. The molecule has 0 fully saturated rings. The lowest BCUT2D eigenvalue weighted by atomic mass is 9.96. The second kappa shape index (κ2) is 5.92. The van der Waals surface area contributed by atoms with Crippen LogP contribution >= 0.6 is 0 Å². The van der Waals surface area contributed by atoms with Gasteiger partial charge in [0.2, 0.25) is 10.0 Å². The Hall–Kier alpha value is -1.95. The van der Waals surface area contributed by atoms with Gasteiger partial charge in [0.05, 0.1) is 4.90 Å². The summed E-state index contributed by atoms with van der Waals surface area (Å²) in [4.78, 5) is 0.261. The van der Waals surface area contributed by atoms with Crippen molar-refractivity contribution < 1.29 is 13.2 Å². The first kappa shape index (κ1) is 15.9. The number of methoxy groups -OCH3 is 1. The van der Waals surface area contributed by atoms with Crippen molar-refractivity contribution in [2.75, 3.05) is 7.11 Å². The average molecular weight is 329 g/mol. The largest absolute Gasteiger partial charge is 0.361 e. The highest BCUT2D eigenvalue weighted by atomic mass is 32.2. The third kappa shape index (κ3) is 2.72. The quantitative estimate of drug-likeness (QED) is 0.869.